The molecule has 2 aromatic rings. The Hall–Kier alpha value is -3.19. The van der Waals surface area contributed by atoms with E-state index in [4.69, 9.17) is 25.8 Å². The van der Waals surface area contributed by atoms with Crippen molar-refractivity contribution in [2.45, 2.75) is 19.4 Å². The smallest absolute Gasteiger partial charge is 0.316 e. The molecule has 0 aromatic heterocycles. The van der Waals surface area contributed by atoms with E-state index in [-0.39, 0.29) is 18.5 Å². The first-order valence-electron chi connectivity index (χ1n) is 10.0. The Morgan fingerprint density at radius 1 is 1.16 bits per heavy atom. The van der Waals surface area contributed by atoms with Gasteiger partial charge in [-0.2, -0.15) is 0 Å². The maximum atomic E-state index is 13.7. The predicted octanol–water partition coefficient (Wildman–Crippen LogP) is 4.30. The molecule has 7 nitrogen and oxygen atoms in total. The van der Waals surface area contributed by atoms with Gasteiger partial charge in [-0.05, 0) is 30.5 Å². The van der Waals surface area contributed by atoms with Crippen LogP contribution in [0.5, 0.6) is 11.5 Å². The van der Waals surface area contributed by atoms with Crippen molar-refractivity contribution in [3.8, 4) is 11.5 Å². The van der Waals surface area contributed by atoms with E-state index in [0.717, 1.165) is 17.1 Å². The van der Waals surface area contributed by atoms with Crippen LogP contribution in [0.1, 0.15) is 24.9 Å². The molecule has 1 aliphatic carbocycles. The Morgan fingerprint density at radius 2 is 1.87 bits per heavy atom. The van der Waals surface area contributed by atoms with Gasteiger partial charge in [0.15, 0.2) is 17.3 Å². The number of benzene rings is 2. The number of carbonyl (C=O) groups excluding carboxylic acids is 2. The van der Waals surface area contributed by atoms with Crippen molar-refractivity contribution < 1.29 is 23.8 Å². The number of rotatable bonds is 2. The van der Waals surface area contributed by atoms with E-state index in [2.05, 4.69) is 10.6 Å². The van der Waals surface area contributed by atoms with E-state index in [0.29, 0.717) is 34.1 Å². The van der Waals surface area contributed by atoms with Gasteiger partial charge in [0.1, 0.15) is 5.92 Å². The number of fused-ring (bicyclic) bond motifs is 2. The minimum absolute atomic E-state index is 0.117. The number of anilines is 2. The van der Waals surface area contributed by atoms with Crippen LogP contribution in [0.3, 0.4) is 0 Å². The van der Waals surface area contributed by atoms with Gasteiger partial charge in [0.05, 0.1) is 29.5 Å². The van der Waals surface area contributed by atoms with Crippen molar-refractivity contribution in [3.63, 3.8) is 0 Å². The normalized spacial score (nSPS) is 23.8. The number of hydrogen-bond donors (Lipinski definition) is 2. The van der Waals surface area contributed by atoms with E-state index in [1.807, 2.05) is 31.2 Å². The number of halogens is 1. The van der Waals surface area contributed by atoms with E-state index >= 15 is 0 Å². The highest BCUT2D eigenvalue weighted by molar-refractivity contribution is 6.32. The minimum atomic E-state index is -0.871. The number of ketones is 1. The molecule has 160 valence electrons. The summed E-state index contributed by atoms with van der Waals surface area (Å²) in [5.74, 6) is -0.747. The summed E-state index contributed by atoms with van der Waals surface area (Å²) in [7, 11) is 1.30. The van der Waals surface area contributed by atoms with Gasteiger partial charge >= 0.3 is 5.97 Å². The topological polar surface area (TPSA) is 85.9 Å². The molecule has 2 aliphatic heterocycles. The van der Waals surface area contributed by atoms with Crippen molar-refractivity contribution in [2.75, 3.05) is 24.5 Å². The lowest BCUT2D eigenvalue weighted by Gasteiger charge is -2.32. The molecule has 8 heteroatoms. The molecule has 0 radical (unpaired) electrons. The fraction of sp³-hybridized carbons (Fsp3) is 0.304. The predicted molar refractivity (Wildman–Crippen MR) is 115 cm³/mol. The molecule has 0 unspecified atom stereocenters. The van der Waals surface area contributed by atoms with E-state index in [1.54, 1.807) is 12.1 Å². The standard InChI is InChI=1S/C23H21ClN2O5/c1-11-7-16-20(22(27)19(11)23(28)29-2)21(26-15-6-4-3-5-14(15)25-16)12-8-17-18(9-13(12)24)31-10-30-17/h3-6,8-9,11,19,21,25-26H,7,10H2,1-2H3/t11-,19-,21-/m1/s1. The number of Topliss-reactive ketones (excluding diaryl/α,β-unsaturated/α-hetero) is 1. The van der Waals surface area contributed by atoms with Crippen LogP contribution in [0.2, 0.25) is 5.02 Å². The highest BCUT2D eigenvalue weighted by atomic mass is 35.5. The molecule has 5 rings (SSSR count). The van der Waals surface area contributed by atoms with Gasteiger partial charge in [-0.15, -0.1) is 0 Å². The van der Waals surface area contributed by atoms with E-state index < -0.39 is 17.9 Å². The lowest BCUT2D eigenvalue weighted by Crippen LogP contribution is -2.39. The van der Waals surface area contributed by atoms with Crippen LogP contribution in [-0.4, -0.2) is 25.7 Å². The van der Waals surface area contributed by atoms with E-state index in [9.17, 15) is 9.59 Å². The van der Waals surface area contributed by atoms with Gasteiger partial charge < -0.3 is 24.8 Å². The number of allylic oxidation sites excluding steroid dienone is 1. The number of ether oxygens (including phenoxy) is 3. The van der Waals surface area contributed by atoms with Crippen LogP contribution in [0.25, 0.3) is 0 Å². The van der Waals surface area contributed by atoms with Gasteiger partial charge in [0.2, 0.25) is 6.79 Å². The molecule has 3 atom stereocenters. The lowest BCUT2D eigenvalue weighted by atomic mass is 9.75. The first-order valence-corrected chi connectivity index (χ1v) is 10.4. The largest absolute Gasteiger partial charge is 0.468 e. The molecule has 0 bridgehead atoms. The molecule has 0 saturated heterocycles. The van der Waals surface area contributed by atoms with Gasteiger partial charge in [0, 0.05) is 22.9 Å². The fourth-order valence-electron chi connectivity index (χ4n) is 4.52. The SMILES string of the molecule is COC(=O)[C@H]1C(=O)C2=C(C[C@H]1C)Nc1ccccc1N[C@@H]2c1cc2c(cc1Cl)OCO2. The van der Waals surface area contributed by atoms with Gasteiger partial charge in [-0.1, -0.05) is 30.7 Å². The number of methoxy groups -OCH3 is 1. The van der Waals surface area contributed by atoms with Crippen molar-refractivity contribution in [1.82, 2.24) is 0 Å². The van der Waals surface area contributed by atoms with Gasteiger partial charge in [0.25, 0.3) is 0 Å². The summed E-state index contributed by atoms with van der Waals surface area (Å²) in [5, 5.41) is 7.31. The molecular formula is C23H21ClN2O5. The van der Waals surface area contributed by atoms with Crippen LogP contribution in [0, 0.1) is 11.8 Å². The zero-order valence-corrected chi connectivity index (χ0v) is 17.8. The summed E-state index contributed by atoms with van der Waals surface area (Å²) in [6.07, 6.45) is 0.523. The monoisotopic (exact) mass is 440 g/mol. The number of nitrogens with one attached hydrogen (secondary N) is 2. The van der Waals surface area contributed by atoms with E-state index in [1.165, 1.54) is 7.11 Å². The van der Waals surface area contributed by atoms with Crippen LogP contribution in [0.4, 0.5) is 11.4 Å². The first-order chi connectivity index (χ1) is 15.0. The Labute approximate surface area is 184 Å². The highest BCUT2D eigenvalue weighted by Crippen LogP contribution is 2.47. The average molecular weight is 441 g/mol. The first kappa shape index (κ1) is 19.8. The second-order valence-electron chi connectivity index (χ2n) is 7.91. The number of para-hydroxylation sites is 2. The van der Waals surface area contributed by atoms with Crippen LogP contribution < -0.4 is 20.1 Å². The maximum absolute atomic E-state index is 13.7. The Morgan fingerprint density at radius 3 is 2.61 bits per heavy atom. The Bertz CT molecular complexity index is 1130. The number of carbonyl (C=O) groups is 2. The van der Waals surface area contributed by atoms with Gasteiger partial charge in [-0.3, -0.25) is 9.59 Å². The molecule has 2 N–H and O–H groups in total. The van der Waals surface area contributed by atoms with Gasteiger partial charge in [-0.25, -0.2) is 0 Å². The summed E-state index contributed by atoms with van der Waals surface area (Å²) in [6.45, 7) is 2.00. The second kappa shape index (κ2) is 7.50. The van der Waals surface area contributed by atoms with Crippen LogP contribution in [0.15, 0.2) is 47.7 Å². The maximum Gasteiger partial charge on any atom is 0.316 e. The molecule has 2 aromatic carbocycles. The molecule has 0 amide bonds. The Balaban J connectivity index is 1.69. The highest BCUT2D eigenvalue weighted by Gasteiger charge is 2.44. The fourth-order valence-corrected chi connectivity index (χ4v) is 4.78. The van der Waals surface area contributed by atoms with Crippen LogP contribution >= 0.6 is 11.6 Å². The average Bonchev–Trinajstić information content (AvgIpc) is 3.13. The molecule has 2 heterocycles. The minimum Gasteiger partial charge on any atom is -0.468 e. The third kappa shape index (κ3) is 3.20. The lowest BCUT2D eigenvalue weighted by molar-refractivity contribution is -0.151. The number of hydrogen-bond acceptors (Lipinski definition) is 7. The van der Waals surface area contributed by atoms with Crippen LogP contribution in [-0.2, 0) is 14.3 Å². The van der Waals surface area contributed by atoms with Crippen molar-refractivity contribution in [1.29, 1.82) is 0 Å². The second-order valence-corrected chi connectivity index (χ2v) is 8.32. The molecule has 0 spiro atoms. The van der Waals surface area contributed by atoms with Crippen molar-refractivity contribution in [3.05, 3.63) is 58.3 Å². The molecule has 3 aliphatic rings. The quantitative estimate of drug-likeness (QED) is 0.532. The zero-order chi connectivity index (χ0) is 21.7. The molecule has 0 fully saturated rings. The van der Waals surface area contributed by atoms with Crippen molar-refractivity contribution >= 4 is 34.7 Å². The third-order valence-electron chi connectivity index (χ3n) is 6.03. The summed E-state index contributed by atoms with van der Waals surface area (Å²) in [6, 6.07) is 10.6. The Kier molecular flexibility index (Phi) is 4.78. The summed E-state index contributed by atoms with van der Waals surface area (Å²) >= 11 is 6.63. The summed E-state index contributed by atoms with van der Waals surface area (Å²) in [5.41, 5.74) is 3.60. The molecule has 0 saturated carbocycles. The summed E-state index contributed by atoms with van der Waals surface area (Å²) < 4.78 is 15.9. The zero-order valence-electron chi connectivity index (χ0n) is 17.0. The molecular weight excluding hydrogens is 420 g/mol. The summed E-state index contributed by atoms with van der Waals surface area (Å²) in [4.78, 5) is 26.1. The molecule has 31 heavy (non-hydrogen) atoms. The third-order valence-corrected chi connectivity index (χ3v) is 6.35. The number of esters is 1. The van der Waals surface area contributed by atoms with Crippen molar-refractivity contribution in [2.24, 2.45) is 11.8 Å².